The first kappa shape index (κ1) is 21.6. The number of nitrogens with zero attached hydrogens (tertiary/aromatic N) is 2. The van der Waals surface area contributed by atoms with Crippen LogP contribution >= 0.6 is 0 Å². The van der Waals surface area contributed by atoms with Gasteiger partial charge in [-0.15, -0.1) is 0 Å². The zero-order valence-corrected chi connectivity index (χ0v) is 19.5. The average Bonchev–Trinajstić information content (AvgIpc) is 3.29. The molecule has 172 valence electrons. The van der Waals surface area contributed by atoms with Gasteiger partial charge in [0.15, 0.2) is 11.5 Å². The highest BCUT2D eigenvalue weighted by atomic mass is 16.5. The van der Waals surface area contributed by atoms with Gasteiger partial charge in [0.1, 0.15) is 0 Å². The lowest BCUT2D eigenvalue weighted by Crippen LogP contribution is -2.37. The van der Waals surface area contributed by atoms with Crippen LogP contribution in [0, 0.1) is 6.92 Å². The number of hydrogen-bond acceptors (Lipinski definition) is 3. The maximum atomic E-state index is 13.8. The van der Waals surface area contributed by atoms with Crippen LogP contribution in [0.2, 0.25) is 0 Å². The number of carbonyl (C=O) groups excluding carboxylic acids is 1. The number of fused-ring (bicyclic) bond motifs is 3. The van der Waals surface area contributed by atoms with E-state index in [-0.39, 0.29) is 12.1 Å². The van der Waals surface area contributed by atoms with Gasteiger partial charge in [0.2, 0.25) is 0 Å². The average molecular weight is 454 g/mol. The summed E-state index contributed by atoms with van der Waals surface area (Å²) in [6.45, 7) is 2.48. The molecule has 2 heterocycles. The molecule has 1 N–H and O–H groups in total. The smallest absolute Gasteiger partial charge is 0.322 e. The molecular weight excluding hydrogens is 426 g/mol. The highest BCUT2D eigenvalue weighted by Gasteiger charge is 2.33. The molecule has 1 atom stereocenters. The summed E-state index contributed by atoms with van der Waals surface area (Å²) >= 11 is 0. The van der Waals surface area contributed by atoms with Crippen LogP contribution in [0.25, 0.3) is 5.69 Å². The normalized spacial score (nSPS) is 14.6. The lowest BCUT2D eigenvalue weighted by molar-refractivity contribution is 0.194. The van der Waals surface area contributed by atoms with Gasteiger partial charge in [0.05, 0.1) is 32.5 Å². The van der Waals surface area contributed by atoms with Gasteiger partial charge in [-0.25, -0.2) is 4.79 Å². The Hall–Kier alpha value is -4.19. The summed E-state index contributed by atoms with van der Waals surface area (Å²) < 4.78 is 13.2. The van der Waals surface area contributed by atoms with E-state index in [2.05, 4.69) is 28.1 Å². The standard InChI is InChI=1S/C28H27N3O3/c1-19-10-13-22(14-11-19)29-28(32)31-18-21-7-4-5-8-23(21)30-16-6-9-24(30)27(31)20-12-15-25(33-2)26(17-20)34-3/h4-17,27H,18H2,1-3H3,(H,29,32)/t27-/m1/s1. The third kappa shape index (κ3) is 3.88. The number of nitrogens with one attached hydrogen (secondary N) is 1. The van der Waals surface area contributed by atoms with Crippen LogP contribution in [-0.2, 0) is 6.54 Å². The highest BCUT2D eigenvalue weighted by molar-refractivity contribution is 5.90. The minimum Gasteiger partial charge on any atom is -0.493 e. The van der Waals surface area contributed by atoms with Crippen LogP contribution in [-0.4, -0.2) is 29.7 Å². The first-order valence-electron chi connectivity index (χ1n) is 11.2. The van der Waals surface area contributed by atoms with E-state index < -0.39 is 0 Å². The zero-order chi connectivity index (χ0) is 23.7. The van der Waals surface area contributed by atoms with Crippen molar-refractivity contribution in [3.05, 3.63) is 107 Å². The third-order valence-electron chi connectivity index (χ3n) is 6.25. The van der Waals surface area contributed by atoms with Crippen molar-refractivity contribution in [3.8, 4) is 17.2 Å². The molecule has 0 aliphatic carbocycles. The summed E-state index contributed by atoms with van der Waals surface area (Å²) in [6.07, 6.45) is 2.04. The van der Waals surface area contributed by atoms with E-state index in [0.717, 1.165) is 33.8 Å². The second-order valence-electron chi connectivity index (χ2n) is 8.37. The van der Waals surface area contributed by atoms with Crippen LogP contribution in [0.3, 0.4) is 0 Å². The van der Waals surface area contributed by atoms with Crippen molar-refractivity contribution < 1.29 is 14.3 Å². The van der Waals surface area contributed by atoms with Gasteiger partial charge in [0, 0.05) is 17.6 Å². The molecule has 0 unspecified atom stereocenters. The van der Waals surface area contributed by atoms with E-state index in [1.54, 1.807) is 14.2 Å². The Labute approximate surface area is 199 Å². The first-order valence-corrected chi connectivity index (χ1v) is 11.2. The maximum absolute atomic E-state index is 13.8. The molecule has 0 fully saturated rings. The summed E-state index contributed by atoms with van der Waals surface area (Å²) in [5.74, 6) is 1.27. The summed E-state index contributed by atoms with van der Waals surface area (Å²) in [5.41, 5.74) is 5.97. The number of hydrogen-bond donors (Lipinski definition) is 1. The Balaban J connectivity index is 1.64. The number of aryl methyl sites for hydroxylation is 1. The van der Waals surface area contributed by atoms with E-state index >= 15 is 0 Å². The molecule has 2 amide bonds. The minimum absolute atomic E-state index is 0.173. The van der Waals surface area contributed by atoms with Crippen LogP contribution in [0.4, 0.5) is 10.5 Å². The maximum Gasteiger partial charge on any atom is 0.322 e. The molecule has 0 radical (unpaired) electrons. The van der Waals surface area contributed by atoms with Crippen molar-refractivity contribution in [2.45, 2.75) is 19.5 Å². The van der Waals surface area contributed by atoms with Crippen LogP contribution in [0.1, 0.15) is 28.4 Å². The fourth-order valence-electron chi connectivity index (χ4n) is 4.55. The van der Waals surface area contributed by atoms with E-state index in [1.165, 1.54) is 0 Å². The van der Waals surface area contributed by atoms with Gasteiger partial charge in [-0.05, 0) is 60.5 Å². The second-order valence-corrected chi connectivity index (χ2v) is 8.37. The molecular formula is C28H27N3O3. The third-order valence-corrected chi connectivity index (χ3v) is 6.25. The van der Waals surface area contributed by atoms with E-state index in [4.69, 9.17) is 9.47 Å². The second kappa shape index (κ2) is 8.98. The molecule has 34 heavy (non-hydrogen) atoms. The van der Waals surface area contributed by atoms with Crippen molar-refractivity contribution in [2.75, 3.05) is 19.5 Å². The molecule has 5 rings (SSSR count). The molecule has 0 bridgehead atoms. The summed E-state index contributed by atoms with van der Waals surface area (Å²) in [6, 6.07) is 25.4. The van der Waals surface area contributed by atoms with Gasteiger partial charge in [-0.2, -0.15) is 0 Å². The van der Waals surface area contributed by atoms with Crippen molar-refractivity contribution in [1.82, 2.24) is 9.47 Å². The SMILES string of the molecule is COc1ccc([C@@H]2c3cccn3-c3ccccc3CN2C(=O)Nc2ccc(C)cc2)cc1OC. The van der Waals surface area contributed by atoms with Crippen LogP contribution in [0.15, 0.2) is 85.1 Å². The number of anilines is 1. The Morgan fingerprint density at radius 2 is 1.68 bits per heavy atom. The number of aromatic nitrogens is 1. The predicted octanol–water partition coefficient (Wildman–Crippen LogP) is 5.94. The minimum atomic E-state index is -0.340. The van der Waals surface area contributed by atoms with Gasteiger partial charge < -0.3 is 24.3 Å². The number of amides is 2. The molecule has 1 aliphatic heterocycles. The number of ether oxygens (including phenoxy) is 2. The van der Waals surface area contributed by atoms with E-state index in [0.29, 0.717) is 18.0 Å². The van der Waals surface area contributed by atoms with E-state index in [1.807, 2.05) is 78.7 Å². The number of para-hydroxylation sites is 1. The fraction of sp³-hybridized carbons (Fsp3) is 0.179. The number of carbonyl (C=O) groups is 1. The molecule has 0 saturated carbocycles. The van der Waals surface area contributed by atoms with Gasteiger partial charge in [-0.1, -0.05) is 42.0 Å². The number of benzene rings is 3. The first-order chi connectivity index (χ1) is 16.6. The predicted molar refractivity (Wildman–Crippen MR) is 133 cm³/mol. The van der Waals surface area contributed by atoms with Gasteiger partial charge in [-0.3, -0.25) is 0 Å². The lowest BCUT2D eigenvalue weighted by Gasteiger charge is -2.31. The molecule has 0 saturated heterocycles. The summed E-state index contributed by atoms with van der Waals surface area (Å²) in [4.78, 5) is 15.6. The lowest BCUT2D eigenvalue weighted by atomic mass is 10.0. The number of rotatable bonds is 4. The Kier molecular flexibility index (Phi) is 5.72. The van der Waals surface area contributed by atoms with Gasteiger partial charge >= 0.3 is 6.03 Å². The Morgan fingerprint density at radius 1 is 0.912 bits per heavy atom. The Morgan fingerprint density at radius 3 is 2.44 bits per heavy atom. The topological polar surface area (TPSA) is 55.7 Å². The van der Waals surface area contributed by atoms with Crippen molar-refractivity contribution in [1.29, 1.82) is 0 Å². The van der Waals surface area contributed by atoms with Crippen molar-refractivity contribution >= 4 is 11.7 Å². The largest absolute Gasteiger partial charge is 0.493 e. The Bertz CT molecular complexity index is 1330. The number of urea groups is 1. The zero-order valence-electron chi connectivity index (χ0n) is 19.5. The molecule has 1 aromatic heterocycles. The van der Waals surface area contributed by atoms with Crippen molar-refractivity contribution in [3.63, 3.8) is 0 Å². The molecule has 6 nitrogen and oxygen atoms in total. The van der Waals surface area contributed by atoms with Crippen molar-refractivity contribution in [2.24, 2.45) is 0 Å². The molecule has 0 spiro atoms. The molecule has 6 heteroatoms. The number of methoxy groups -OCH3 is 2. The summed E-state index contributed by atoms with van der Waals surface area (Å²) in [5, 5.41) is 3.09. The highest BCUT2D eigenvalue weighted by Crippen LogP contribution is 2.39. The fourth-order valence-corrected chi connectivity index (χ4v) is 4.55. The molecule has 3 aromatic carbocycles. The van der Waals surface area contributed by atoms with Gasteiger partial charge in [0.25, 0.3) is 0 Å². The van der Waals surface area contributed by atoms with Crippen LogP contribution < -0.4 is 14.8 Å². The monoisotopic (exact) mass is 453 g/mol. The van der Waals surface area contributed by atoms with E-state index in [9.17, 15) is 4.79 Å². The molecule has 4 aromatic rings. The van der Waals surface area contributed by atoms with Crippen LogP contribution in [0.5, 0.6) is 11.5 Å². The quantitative estimate of drug-likeness (QED) is 0.416. The molecule has 1 aliphatic rings. The summed E-state index contributed by atoms with van der Waals surface area (Å²) in [7, 11) is 3.24.